The van der Waals surface area contributed by atoms with Gasteiger partial charge < -0.3 is 14.8 Å². The van der Waals surface area contributed by atoms with Crippen LogP contribution in [0, 0.1) is 11.8 Å². The number of fused-ring (bicyclic) bond motifs is 2. The predicted molar refractivity (Wildman–Crippen MR) is 103 cm³/mol. The van der Waals surface area contributed by atoms with E-state index in [-0.39, 0.29) is 23.3 Å². The van der Waals surface area contributed by atoms with E-state index in [1.54, 1.807) is 25.3 Å². The summed E-state index contributed by atoms with van der Waals surface area (Å²) >= 11 is 0. The van der Waals surface area contributed by atoms with E-state index >= 15 is 0 Å². The number of methoxy groups -OCH3 is 2. The van der Waals surface area contributed by atoms with E-state index in [2.05, 4.69) is 5.32 Å². The van der Waals surface area contributed by atoms with Crippen molar-refractivity contribution in [2.75, 3.05) is 14.2 Å². The number of rotatable bonds is 5. The smallest absolute Gasteiger partial charge is 0.262 e. The van der Waals surface area contributed by atoms with Crippen molar-refractivity contribution in [3.8, 4) is 5.75 Å². The number of hydrogen-bond donors (Lipinski definition) is 1. The summed E-state index contributed by atoms with van der Waals surface area (Å²) < 4.78 is 12.6. The summed E-state index contributed by atoms with van der Waals surface area (Å²) in [5.41, 5.74) is -0.854. The Morgan fingerprint density at radius 2 is 1.96 bits per heavy atom. The van der Waals surface area contributed by atoms with Crippen LogP contribution in [0.4, 0.5) is 0 Å². The van der Waals surface area contributed by atoms with Crippen LogP contribution in [0.2, 0.25) is 0 Å². The topological polar surface area (TPSA) is 82.4 Å². The zero-order valence-electron chi connectivity index (χ0n) is 16.7. The standard InChI is InChI=1S/C20H27N3O4/c1-7-12(4)20(27-6)19-21-15-9-8-13(26-5)10-14(15)18(25)23(19)16(11(2)3)17(24)22-20/h8-12,16H,7H2,1-6H3,(H,22,24)/t12-,16+,20+/m0/s1. The molecular formula is C20H27N3O4. The molecule has 1 amide bonds. The van der Waals surface area contributed by atoms with Crippen LogP contribution in [0.25, 0.3) is 10.9 Å². The normalized spacial score (nSPS) is 23.2. The lowest BCUT2D eigenvalue weighted by molar-refractivity contribution is -0.154. The summed E-state index contributed by atoms with van der Waals surface area (Å²) in [5, 5.41) is 3.45. The van der Waals surface area contributed by atoms with Crippen molar-refractivity contribution in [2.45, 2.75) is 45.9 Å². The predicted octanol–water partition coefficient (Wildman–Crippen LogP) is 2.58. The highest BCUT2D eigenvalue weighted by Gasteiger charge is 2.50. The van der Waals surface area contributed by atoms with E-state index in [1.165, 1.54) is 11.7 Å². The molecule has 0 bridgehead atoms. The highest BCUT2D eigenvalue weighted by molar-refractivity contribution is 5.85. The van der Waals surface area contributed by atoms with Crippen molar-refractivity contribution in [2.24, 2.45) is 11.8 Å². The zero-order valence-corrected chi connectivity index (χ0v) is 16.7. The number of amides is 1. The monoisotopic (exact) mass is 373 g/mol. The maximum Gasteiger partial charge on any atom is 0.262 e. The van der Waals surface area contributed by atoms with E-state index in [9.17, 15) is 9.59 Å². The van der Waals surface area contributed by atoms with Crippen molar-refractivity contribution >= 4 is 16.8 Å². The third-order valence-corrected chi connectivity index (χ3v) is 5.56. The van der Waals surface area contributed by atoms with E-state index in [0.717, 1.165) is 6.42 Å². The molecule has 0 saturated carbocycles. The van der Waals surface area contributed by atoms with Crippen LogP contribution in [-0.4, -0.2) is 29.7 Å². The summed E-state index contributed by atoms with van der Waals surface area (Å²) in [5.74, 6) is 0.626. The first kappa shape index (κ1) is 19.4. The van der Waals surface area contributed by atoms with Crippen molar-refractivity contribution in [3.05, 3.63) is 34.4 Å². The summed E-state index contributed by atoms with van der Waals surface area (Å²) in [6.07, 6.45) is 0.747. The van der Waals surface area contributed by atoms with E-state index in [1.807, 2.05) is 27.7 Å². The van der Waals surface area contributed by atoms with Gasteiger partial charge in [0, 0.05) is 13.0 Å². The summed E-state index contributed by atoms with van der Waals surface area (Å²) in [6, 6.07) is 4.54. The fourth-order valence-corrected chi connectivity index (χ4v) is 3.83. The van der Waals surface area contributed by atoms with Gasteiger partial charge >= 0.3 is 0 Å². The Morgan fingerprint density at radius 3 is 2.52 bits per heavy atom. The molecule has 2 heterocycles. The number of nitrogens with one attached hydrogen (secondary N) is 1. The van der Waals surface area contributed by atoms with Crippen LogP contribution in [0.3, 0.4) is 0 Å². The third kappa shape index (κ3) is 2.81. The minimum atomic E-state index is -1.15. The maximum absolute atomic E-state index is 13.4. The number of hydrogen-bond acceptors (Lipinski definition) is 5. The van der Waals surface area contributed by atoms with Crippen LogP contribution >= 0.6 is 0 Å². The Bertz CT molecular complexity index is 937. The average molecular weight is 373 g/mol. The Balaban J connectivity index is 2.44. The van der Waals surface area contributed by atoms with E-state index in [0.29, 0.717) is 22.5 Å². The second-order valence-electron chi connectivity index (χ2n) is 7.42. The van der Waals surface area contributed by atoms with Crippen LogP contribution in [0.5, 0.6) is 5.75 Å². The molecule has 0 radical (unpaired) electrons. The largest absolute Gasteiger partial charge is 0.497 e. The molecule has 1 aliphatic heterocycles. The fraction of sp³-hybridized carbons (Fsp3) is 0.550. The van der Waals surface area contributed by atoms with Crippen molar-refractivity contribution < 1.29 is 14.3 Å². The fourth-order valence-electron chi connectivity index (χ4n) is 3.83. The molecule has 3 rings (SSSR count). The first-order valence-electron chi connectivity index (χ1n) is 9.28. The van der Waals surface area contributed by atoms with Gasteiger partial charge in [0.1, 0.15) is 11.8 Å². The molecule has 1 aliphatic rings. The van der Waals surface area contributed by atoms with E-state index in [4.69, 9.17) is 14.5 Å². The zero-order chi connectivity index (χ0) is 19.9. The van der Waals surface area contributed by atoms with Gasteiger partial charge in [-0.25, -0.2) is 4.98 Å². The van der Waals surface area contributed by atoms with Crippen LogP contribution in [0.1, 0.15) is 46.0 Å². The molecule has 1 aromatic heterocycles. The van der Waals surface area contributed by atoms with Gasteiger partial charge in [-0.2, -0.15) is 0 Å². The Kier molecular flexibility index (Phi) is 4.99. The van der Waals surface area contributed by atoms with Gasteiger partial charge in [-0.3, -0.25) is 14.2 Å². The van der Waals surface area contributed by atoms with Gasteiger partial charge in [-0.05, 0) is 30.5 Å². The molecule has 146 valence electrons. The van der Waals surface area contributed by atoms with Crippen molar-refractivity contribution in [3.63, 3.8) is 0 Å². The SMILES string of the molecule is CC[C@H](C)[C@]1(OC)NC(=O)[C@@H](C(C)C)n2c1nc1ccc(OC)cc1c2=O. The Labute approximate surface area is 158 Å². The first-order valence-corrected chi connectivity index (χ1v) is 9.28. The van der Waals surface area contributed by atoms with Crippen molar-refractivity contribution in [1.29, 1.82) is 0 Å². The molecular weight excluding hydrogens is 346 g/mol. The molecule has 0 fully saturated rings. The molecule has 7 heteroatoms. The first-order chi connectivity index (χ1) is 12.8. The second-order valence-corrected chi connectivity index (χ2v) is 7.42. The number of ether oxygens (including phenoxy) is 2. The van der Waals surface area contributed by atoms with Gasteiger partial charge in [-0.15, -0.1) is 0 Å². The van der Waals surface area contributed by atoms with Gasteiger partial charge in [0.15, 0.2) is 5.82 Å². The third-order valence-electron chi connectivity index (χ3n) is 5.56. The van der Waals surface area contributed by atoms with E-state index < -0.39 is 11.8 Å². The number of benzene rings is 1. The molecule has 27 heavy (non-hydrogen) atoms. The molecule has 3 atom stereocenters. The van der Waals surface area contributed by atoms with Gasteiger partial charge in [-0.1, -0.05) is 27.7 Å². The summed E-state index contributed by atoms with van der Waals surface area (Å²) in [6.45, 7) is 7.83. The second kappa shape index (κ2) is 6.96. The highest BCUT2D eigenvalue weighted by atomic mass is 16.5. The Morgan fingerprint density at radius 1 is 1.26 bits per heavy atom. The number of aromatic nitrogens is 2. The average Bonchev–Trinajstić information content (AvgIpc) is 2.66. The van der Waals surface area contributed by atoms with Crippen LogP contribution in [-0.2, 0) is 15.3 Å². The summed E-state index contributed by atoms with van der Waals surface area (Å²) in [4.78, 5) is 31.2. The molecule has 1 N–H and O–H groups in total. The van der Waals surface area contributed by atoms with Crippen LogP contribution < -0.4 is 15.6 Å². The summed E-state index contributed by atoms with van der Waals surface area (Å²) in [7, 11) is 3.09. The molecule has 1 aromatic carbocycles. The number of carbonyl (C=O) groups is 1. The minimum Gasteiger partial charge on any atom is -0.497 e. The molecule has 2 aromatic rings. The molecule has 0 spiro atoms. The number of nitrogens with zero attached hydrogens (tertiary/aromatic N) is 2. The number of carbonyl (C=O) groups excluding carboxylic acids is 1. The minimum absolute atomic E-state index is 0.0755. The highest BCUT2D eigenvalue weighted by Crippen LogP contribution is 2.38. The Hall–Kier alpha value is -2.41. The van der Waals surface area contributed by atoms with Crippen molar-refractivity contribution in [1.82, 2.24) is 14.9 Å². The quantitative estimate of drug-likeness (QED) is 0.871. The lowest BCUT2D eigenvalue weighted by atomic mass is 9.88. The van der Waals surface area contributed by atoms with Crippen LogP contribution in [0.15, 0.2) is 23.0 Å². The molecule has 0 aliphatic carbocycles. The lowest BCUT2D eigenvalue weighted by Gasteiger charge is -2.44. The lowest BCUT2D eigenvalue weighted by Crippen LogP contribution is -2.62. The molecule has 7 nitrogen and oxygen atoms in total. The van der Waals surface area contributed by atoms with Gasteiger partial charge in [0.05, 0.1) is 18.0 Å². The molecule has 0 unspecified atom stereocenters. The van der Waals surface area contributed by atoms with Gasteiger partial charge in [0.2, 0.25) is 11.6 Å². The maximum atomic E-state index is 13.4. The van der Waals surface area contributed by atoms with Gasteiger partial charge in [0.25, 0.3) is 5.56 Å². The molecule has 0 saturated heterocycles.